The highest BCUT2D eigenvalue weighted by Crippen LogP contribution is 2.42. The first-order valence-corrected chi connectivity index (χ1v) is 11.2. The van der Waals surface area contributed by atoms with Gasteiger partial charge in [0.2, 0.25) is 0 Å². The highest BCUT2D eigenvalue weighted by Gasteiger charge is 2.47. The molecule has 1 heterocycles. The molecular formula is C27H22ClNO3. The number of hydrogen-bond donors (Lipinski definition) is 1. The number of carbonyl (C=O) groups is 2. The van der Waals surface area contributed by atoms with Crippen molar-refractivity contribution in [2.45, 2.75) is 31.7 Å². The number of amides is 1. The minimum atomic E-state index is -0.745. The van der Waals surface area contributed by atoms with Crippen molar-refractivity contribution in [1.29, 1.82) is 0 Å². The molecule has 1 saturated heterocycles. The van der Waals surface area contributed by atoms with Gasteiger partial charge in [-0.1, -0.05) is 60.1 Å². The van der Waals surface area contributed by atoms with Crippen LogP contribution >= 0.6 is 11.6 Å². The van der Waals surface area contributed by atoms with E-state index in [-0.39, 0.29) is 11.3 Å². The van der Waals surface area contributed by atoms with Crippen LogP contribution in [0.2, 0.25) is 5.02 Å². The second-order valence-electron chi connectivity index (χ2n) is 8.25. The predicted octanol–water partition coefficient (Wildman–Crippen LogP) is 5.85. The Morgan fingerprint density at radius 1 is 0.875 bits per heavy atom. The second kappa shape index (κ2) is 8.29. The molecule has 5 heteroatoms. The van der Waals surface area contributed by atoms with Crippen LogP contribution in [0.3, 0.4) is 0 Å². The van der Waals surface area contributed by atoms with E-state index in [4.69, 9.17) is 11.6 Å². The fourth-order valence-corrected chi connectivity index (χ4v) is 4.90. The fraction of sp³-hybridized carbons (Fsp3) is 0.185. The van der Waals surface area contributed by atoms with E-state index in [9.17, 15) is 14.7 Å². The van der Waals surface area contributed by atoms with Crippen molar-refractivity contribution in [2.75, 3.05) is 4.90 Å². The lowest BCUT2D eigenvalue weighted by atomic mass is 9.88. The number of rotatable bonds is 3. The molecule has 1 fully saturated rings. The average Bonchev–Trinajstić information content (AvgIpc) is 3.09. The Morgan fingerprint density at radius 2 is 1.62 bits per heavy atom. The molecule has 4 nitrogen and oxygen atoms in total. The molecule has 1 aliphatic carbocycles. The number of anilines is 1. The standard InChI is InChI=1S/C27H22ClNO3/c28-21-11-6-12-22(16-21)29-24(18-8-2-1-3-9-18)23(26(31)27(29)32)25(30)20-14-13-17-7-4-5-10-19(17)15-20/h1-3,6,8-9,11-16,24,30H,4-5,7,10H2/b25-23-. The predicted molar refractivity (Wildman–Crippen MR) is 126 cm³/mol. The van der Waals surface area contributed by atoms with E-state index in [1.807, 2.05) is 48.5 Å². The number of fused-ring (bicyclic) bond motifs is 1. The summed E-state index contributed by atoms with van der Waals surface area (Å²) < 4.78 is 0. The number of carbonyl (C=O) groups excluding carboxylic acids is 2. The molecule has 1 unspecified atom stereocenters. The molecule has 1 amide bonds. The van der Waals surface area contributed by atoms with Crippen LogP contribution in [0.4, 0.5) is 5.69 Å². The summed E-state index contributed by atoms with van der Waals surface area (Å²) in [5, 5.41) is 11.8. The lowest BCUT2D eigenvalue weighted by Gasteiger charge is -2.25. The normalized spacial score (nSPS) is 19.8. The summed E-state index contributed by atoms with van der Waals surface area (Å²) in [7, 11) is 0. The van der Waals surface area contributed by atoms with Crippen molar-refractivity contribution in [3.05, 3.63) is 106 Å². The van der Waals surface area contributed by atoms with E-state index >= 15 is 0 Å². The third kappa shape index (κ3) is 3.51. The van der Waals surface area contributed by atoms with Crippen molar-refractivity contribution in [3.63, 3.8) is 0 Å². The van der Waals surface area contributed by atoms with E-state index < -0.39 is 17.7 Å². The van der Waals surface area contributed by atoms with Crippen molar-refractivity contribution >= 4 is 34.7 Å². The Bertz CT molecular complexity index is 1250. The Balaban J connectivity index is 1.69. The van der Waals surface area contributed by atoms with Gasteiger partial charge in [0.15, 0.2) is 0 Å². The van der Waals surface area contributed by atoms with E-state index in [0.29, 0.717) is 16.3 Å². The van der Waals surface area contributed by atoms with Crippen LogP contribution in [0.1, 0.15) is 41.1 Å². The molecular weight excluding hydrogens is 422 g/mol. The minimum Gasteiger partial charge on any atom is -0.507 e. The first-order valence-electron chi connectivity index (χ1n) is 10.8. The zero-order valence-electron chi connectivity index (χ0n) is 17.4. The first-order chi connectivity index (χ1) is 15.5. The van der Waals surface area contributed by atoms with E-state index in [1.165, 1.54) is 16.0 Å². The van der Waals surface area contributed by atoms with Crippen LogP contribution in [-0.2, 0) is 22.4 Å². The van der Waals surface area contributed by atoms with E-state index in [1.54, 1.807) is 24.3 Å². The molecule has 0 spiro atoms. The van der Waals surface area contributed by atoms with Crippen LogP contribution in [0, 0.1) is 0 Å². The molecule has 5 rings (SSSR count). The van der Waals surface area contributed by atoms with Gasteiger partial charge in [-0.2, -0.15) is 0 Å². The van der Waals surface area contributed by atoms with Gasteiger partial charge in [-0.05, 0) is 66.6 Å². The monoisotopic (exact) mass is 443 g/mol. The van der Waals surface area contributed by atoms with Gasteiger partial charge in [-0.3, -0.25) is 14.5 Å². The van der Waals surface area contributed by atoms with Crippen molar-refractivity contribution in [1.82, 2.24) is 0 Å². The number of benzene rings is 3. The fourth-order valence-electron chi connectivity index (χ4n) is 4.71. The van der Waals surface area contributed by atoms with Gasteiger partial charge in [-0.25, -0.2) is 0 Å². The number of halogens is 1. The summed E-state index contributed by atoms with van der Waals surface area (Å²) in [5.74, 6) is -1.52. The number of Topliss-reactive ketones (excluding diaryl/α,β-unsaturated/α-hetero) is 1. The molecule has 0 aromatic heterocycles. The highest BCUT2D eigenvalue weighted by atomic mass is 35.5. The zero-order chi connectivity index (χ0) is 22.2. The Morgan fingerprint density at radius 3 is 2.38 bits per heavy atom. The van der Waals surface area contributed by atoms with Crippen LogP contribution in [0.5, 0.6) is 0 Å². The molecule has 2 aliphatic rings. The SMILES string of the molecule is O=C1C(=O)N(c2cccc(Cl)c2)C(c2ccccc2)/C1=C(/O)c1ccc2c(c1)CCCC2. The number of hydrogen-bond acceptors (Lipinski definition) is 3. The summed E-state index contributed by atoms with van der Waals surface area (Å²) in [6.45, 7) is 0. The third-order valence-electron chi connectivity index (χ3n) is 6.27. The molecule has 1 N–H and O–H groups in total. The van der Waals surface area contributed by atoms with Gasteiger partial charge in [0.1, 0.15) is 5.76 Å². The minimum absolute atomic E-state index is 0.0944. The molecule has 3 aromatic rings. The lowest BCUT2D eigenvalue weighted by molar-refractivity contribution is -0.132. The van der Waals surface area contributed by atoms with Crippen molar-refractivity contribution < 1.29 is 14.7 Å². The van der Waals surface area contributed by atoms with Crippen LogP contribution in [0.25, 0.3) is 5.76 Å². The Kier molecular flexibility index (Phi) is 5.32. The highest BCUT2D eigenvalue weighted by molar-refractivity contribution is 6.51. The average molecular weight is 444 g/mol. The summed E-state index contributed by atoms with van der Waals surface area (Å²) in [4.78, 5) is 27.8. The van der Waals surface area contributed by atoms with Gasteiger partial charge in [0.05, 0.1) is 11.6 Å². The van der Waals surface area contributed by atoms with Gasteiger partial charge in [0, 0.05) is 16.3 Å². The van der Waals surface area contributed by atoms with Crippen molar-refractivity contribution in [2.24, 2.45) is 0 Å². The Labute approximate surface area is 191 Å². The van der Waals surface area contributed by atoms with Crippen LogP contribution < -0.4 is 4.90 Å². The maximum atomic E-state index is 13.2. The van der Waals surface area contributed by atoms with Gasteiger partial charge in [-0.15, -0.1) is 0 Å². The Hall–Kier alpha value is -3.37. The van der Waals surface area contributed by atoms with E-state index in [0.717, 1.165) is 31.2 Å². The number of aliphatic hydroxyl groups excluding tert-OH is 1. The number of ketones is 1. The summed E-state index contributed by atoms with van der Waals surface area (Å²) in [6, 6.07) is 21.2. The zero-order valence-corrected chi connectivity index (χ0v) is 18.2. The third-order valence-corrected chi connectivity index (χ3v) is 6.50. The second-order valence-corrected chi connectivity index (χ2v) is 8.69. The lowest BCUT2D eigenvalue weighted by Crippen LogP contribution is -2.29. The first kappa shape index (κ1) is 20.5. The molecule has 0 bridgehead atoms. The number of aliphatic hydroxyl groups is 1. The molecule has 0 saturated carbocycles. The maximum absolute atomic E-state index is 13.2. The van der Waals surface area contributed by atoms with Crippen LogP contribution in [0.15, 0.2) is 78.4 Å². The summed E-state index contributed by atoms with van der Waals surface area (Å²) in [6.07, 6.45) is 4.26. The smallest absolute Gasteiger partial charge is 0.300 e. The summed E-state index contributed by atoms with van der Waals surface area (Å²) >= 11 is 6.18. The summed E-state index contributed by atoms with van der Waals surface area (Å²) in [5.41, 5.74) is 4.39. The molecule has 160 valence electrons. The number of aryl methyl sites for hydroxylation is 2. The maximum Gasteiger partial charge on any atom is 0.300 e. The van der Waals surface area contributed by atoms with E-state index in [2.05, 4.69) is 0 Å². The number of nitrogens with zero attached hydrogens (tertiary/aromatic N) is 1. The van der Waals surface area contributed by atoms with Crippen molar-refractivity contribution in [3.8, 4) is 0 Å². The molecule has 1 aliphatic heterocycles. The quantitative estimate of drug-likeness (QED) is 0.314. The molecule has 3 aromatic carbocycles. The molecule has 0 radical (unpaired) electrons. The molecule has 32 heavy (non-hydrogen) atoms. The largest absolute Gasteiger partial charge is 0.507 e. The van der Waals surface area contributed by atoms with Crippen LogP contribution in [-0.4, -0.2) is 16.8 Å². The van der Waals surface area contributed by atoms with Gasteiger partial charge >= 0.3 is 0 Å². The topological polar surface area (TPSA) is 57.6 Å². The molecule has 1 atom stereocenters. The van der Waals surface area contributed by atoms with Gasteiger partial charge < -0.3 is 5.11 Å². The van der Waals surface area contributed by atoms with Gasteiger partial charge in [0.25, 0.3) is 11.7 Å².